The fourth-order valence-corrected chi connectivity index (χ4v) is 4.62. The van der Waals surface area contributed by atoms with Crippen LogP contribution in [0, 0.1) is 11.8 Å². The first-order valence-corrected chi connectivity index (χ1v) is 11.1. The standard InChI is InChI=1S/C19H17F3O10S/c20-9(19(21,22)33(26,27)28)6-7-29-17(24)10-11-13-15(32-18(11)25)14(12(10)30-13)31-16(23)8-4-2-1-3-5-8/h1-5,9-15H,6-7H2,(H,26,27,28)/p-1. The van der Waals surface area contributed by atoms with Crippen molar-refractivity contribution in [1.29, 1.82) is 0 Å². The Morgan fingerprint density at radius 1 is 1.15 bits per heavy atom. The zero-order chi connectivity index (χ0) is 24.1. The maximum atomic E-state index is 13.6. The van der Waals surface area contributed by atoms with Gasteiger partial charge in [0.15, 0.2) is 28.5 Å². The van der Waals surface area contributed by atoms with Crippen molar-refractivity contribution in [3.05, 3.63) is 35.9 Å². The van der Waals surface area contributed by atoms with E-state index in [1.54, 1.807) is 18.2 Å². The Kier molecular flexibility index (Phi) is 5.87. The molecule has 0 radical (unpaired) electrons. The zero-order valence-corrected chi connectivity index (χ0v) is 17.3. The number of halogens is 3. The molecule has 180 valence electrons. The number of hydrogen-bond acceptors (Lipinski definition) is 10. The van der Waals surface area contributed by atoms with E-state index in [0.717, 1.165) is 0 Å². The van der Waals surface area contributed by atoms with Gasteiger partial charge in [-0.25, -0.2) is 17.6 Å². The summed E-state index contributed by atoms with van der Waals surface area (Å²) in [4.78, 5) is 37.2. The van der Waals surface area contributed by atoms with Gasteiger partial charge in [-0.15, -0.1) is 0 Å². The van der Waals surface area contributed by atoms with E-state index >= 15 is 0 Å². The SMILES string of the molecule is O=C(OC1C2OC(=O)C3C2OC1C3C(=O)OCCC(F)C(F)(F)S(=O)(=O)[O-])c1ccccc1. The summed E-state index contributed by atoms with van der Waals surface area (Å²) in [6, 6.07) is 7.84. The van der Waals surface area contributed by atoms with Crippen LogP contribution in [-0.2, 0) is 38.7 Å². The van der Waals surface area contributed by atoms with Crippen molar-refractivity contribution in [2.45, 2.75) is 42.3 Å². The lowest BCUT2D eigenvalue weighted by Gasteiger charge is -2.27. The van der Waals surface area contributed by atoms with Crippen molar-refractivity contribution in [3.63, 3.8) is 0 Å². The molecule has 3 saturated heterocycles. The van der Waals surface area contributed by atoms with Crippen molar-refractivity contribution in [2.24, 2.45) is 11.8 Å². The molecular formula is C19H16F3O10S-. The van der Waals surface area contributed by atoms with Gasteiger partial charge in [0.1, 0.15) is 24.0 Å². The Bertz CT molecular complexity index is 1060. The summed E-state index contributed by atoms with van der Waals surface area (Å²) in [6.07, 6.45) is -8.83. The van der Waals surface area contributed by atoms with Gasteiger partial charge in [-0.05, 0) is 12.1 Å². The Balaban J connectivity index is 1.42. The lowest BCUT2D eigenvalue weighted by atomic mass is 9.78. The molecule has 0 aliphatic carbocycles. The van der Waals surface area contributed by atoms with Crippen LogP contribution in [0.4, 0.5) is 13.2 Å². The minimum absolute atomic E-state index is 0.198. The molecule has 2 bridgehead atoms. The van der Waals surface area contributed by atoms with Crippen LogP contribution in [-0.4, -0.2) is 73.3 Å². The van der Waals surface area contributed by atoms with E-state index in [9.17, 15) is 40.5 Å². The third-order valence-electron chi connectivity index (χ3n) is 5.74. The molecule has 10 nitrogen and oxygen atoms in total. The van der Waals surface area contributed by atoms with Crippen LogP contribution in [0.15, 0.2) is 30.3 Å². The van der Waals surface area contributed by atoms with E-state index in [1.807, 2.05) is 0 Å². The van der Waals surface area contributed by atoms with Gasteiger partial charge in [0, 0.05) is 6.42 Å². The highest BCUT2D eigenvalue weighted by atomic mass is 32.2. The van der Waals surface area contributed by atoms with Crippen molar-refractivity contribution >= 4 is 28.0 Å². The van der Waals surface area contributed by atoms with Crippen LogP contribution >= 0.6 is 0 Å². The number of rotatable bonds is 8. The Morgan fingerprint density at radius 2 is 1.82 bits per heavy atom. The summed E-state index contributed by atoms with van der Waals surface area (Å²) in [6.45, 7) is -1.00. The molecular weight excluding hydrogens is 477 g/mol. The van der Waals surface area contributed by atoms with Gasteiger partial charge in [-0.2, -0.15) is 8.78 Å². The second kappa shape index (κ2) is 8.25. The van der Waals surface area contributed by atoms with E-state index in [1.165, 1.54) is 12.1 Å². The monoisotopic (exact) mass is 493 g/mol. The molecule has 1 aromatic rings. The summed E-state index contributed by atoms with van der Waals surface area (Å²) in [5, 5.41) is -5.20. The van der Waals surface area contributed by atoms with E-state index in [0.29, 0.717) is 0 Å². The molecule has 3 aliphatic rings. The van der Waals surface area contributed by atoms with Gasteiger partial charge < -0.3 is 23.5 Å². The fourth-order valence-electron chi connectivity index (χ4n) is 4.19. The van der Waals surface area contributed by atoms with Crippen LogP contribution in [0.2, 0.25) is 0 Å². The second-order valence-electron chi connectivity index (χ2n) is 7.69. The van der Waals surface area contributed by atoms with Crippen molar-refractivity contribution in [1.82, 2.24) is 0 Å². The number of benzene rings is 1. The average Bonchev–Trinajstić information content (AvgIpc) is 3.37. The summed E-state index contributed by atoms with van der Waals surface area (Å²) in [5.41, 5.74) is 0.198. The predicted octanol–water partition coefficient (Wildman–Crippen LogP) is 0.560. The molecule has 0 saturated carbocycles. The highest BCUT2D eigenvalue weighted by Crippen LogP contribution is 2.51. The molecule has 3 heterocycles. The predicted molar refractivity (Wildman–Crippen MR) is 96.3 cm³/mol. The molecule has 3 aliphatic heterocycles. The van der Waals surface area contributed by atoms with Crippen LogP contribution in [0.1, 0.15) is 16.8 Å². The summed E-state index contributed by atoms with van der Waals surface area (Å²) in [7, 11) is -6.26. The Labute approximate surface area is 184 Å². The number of ether oxygens (including phenoxy) is 4. The third-order valence-corrected chi connectivity index (χ3v) is 6.67. The molecule has 3 fully saturated rings. The average molecular weight is 493 g/mol. The second-order valence-corrected chi connectivity index (χ2v) is 9.15. The molecule has 14 heteroatoms. The largest absolute Gasteiger partial charge is 0.743 e. The zero-order valence-electron chi connectivity index (χ0n) is 16.5. The van der Waals surface area contributed by atoms with Crippen molar-refractivity contribution < 1.29 is 59.5 Å². The number of hydrogen-bond donors (Lipinski definition) is 0. The molecule has 0 spiro atoms. The molecule has 33 heavy (non-hydrogen) atoms. The third kappa shape index (κ3) is 3.95. The summed E-state index contributed by atoms with van der Waals surface area (Å²) >= 11 is 0. The highest BCUT2D eigenvalue weighted by molar-refractivity contribution is 7.86. The fraction of sp³-hybridized carbons (Fsp3) is 0.526. The lowest BCUT2D eigenvalue weighted by Crippen LogP contribution is -2.48. The quantitative estimate of drug-likeness (QED) is 0.286. The van der Waals surface area contributed by atoms with E-state index in [2.05, 4.69) is 0 Å². The van der Waals surface area contributed by atoms with Crippen molar-refractivity contribution in [2.75, 3.05) is 6.61 Å². The number of fused-ring (bicyclic) bond motifs is 1. The number of carbonyl (C=O) groups is 3. The van der Waals surface area contributed by atoms with Gasteiger partial charge in [-0.1, -0.05) is 18.2 Å². The number of esters is 3. The van der Waals surface area contributed by atoms with Gasteiger partial charge in [0.2, 0.25) is 0 Å². The molecule has 0 amide bonds. The van der Waals surface area contributed by atoms with Crippen LogP contribution in [0.25, 0.3) is 0 Å². The Hall–Kier alpha value is -2.71. The van der Waals surface area contributed by atoms with Gasteiger partial charge >= 0.3 is 23.2 Å². The van der Waals surface area contributed by atoms with Gasteiger partial charge in [-0.3, -0.25) is 9.59 Å². The van der Waals surface area contributed by atoms with Crippen LogP contribution < -0.4 is 0 Å². The first-order valence-electron chi connectivity index (χ1n) is 9.69. The normalized spacial score (nSPS) is 31.2. The highest BCUT2D eigenvalue weighted by Gasteiger charge is 2.72. The smallest absolute Gasteiger partial charge is 0.364 e. The van der Waals surface area contributed by atoms with Gasteiger partial charge in [0.25, 0.3) is 0 Å². The van der Waals surface area contributed by atoms with Crippen LogP contribution in [0.3, 0.4) is 0 Å². The molecule has 7 atom stereocenters. The minimum atomic E-state index is -6.26. The number of alkyl halides is 3. The van der Waals surface area contributed by atoms with Gasteiger partial charge in [0.05, 0.1) is 12.2 Å². The van der Waals surface area contributed by atoms with E-state index in [4.69, 9.17) is 18.9 Å². The maximum Gasteiger partial charge on any atom is 0.364 e. The Morgan fingerprint density at radius 3 is 2.45 bits per heavy atom. The first kappa shape index (κ1) is 23.4. The van der Waals surface area contributed by atoms with Crippen molar-refractivity contribution in [3.8, 4) is 0 Å². The lowest BCUT2D eigenvalue weighted by molar-refractivity contribution is -0.156. The molecule has 4 rings (SSSR count). The van der Waals surface area contributed by atoms with E-state index in [-0.39, 0.29) is 5.56 Å². The maximum absolute atomic E-state index is 13.6. The minimum Gasteiger partial charge on any atom is -0.743 e. The summed E-state index contributed by atoms with van der Waals surface area (Å²) < 4.78 is 92.3. The van der Waals surface area contributed by atoms with Crippen LogP contribution in [0.5, 0.6) is 0 Å². The first-order chi connectivity index (χ1) is 15.4. The molecule has 1 aromatic carbocycles. The molecule has 0 aromatic heterocycles. The topological polar surface area (TPSA) is 145 Å². The number of carbonyl (C=O) groups excluding carboxylic acids is 3. The molecule has 0 N–H and O–H groups in total. The molecule has 7 unspecified atom stereocenters. The van der Waals surface area contributed by atoms with E-state index < -0.39 is 88.7 Å². The summed E-state index contributed by atoms with van der Waals surface area (Å²) in [5.74, 6) is -5.11.